The molecule has 0 unspecified atom stereocenters. The van der Waals surface area contributed by atoms with Crippen LogP contribution in [0.3, 0.4) is 0 Å². The quantitative estimate of drug-likeness (QED) is 0.305. The van der Waals surface area contributed by atoms with E-state index < -0.39 is 6.17 Å². The summed E-state index contributed by atoms with van der Waals surface area (Å²) in [6, 6.07) is 10.9. The van der Waals surface area contributed by atoms with Crippen molar-refractivity contribution < 1.29 is 14.5 Å². The number of anilines is 1. The lowest BCUT2D eigenvalue weighted by atomic mass is 10.0. The normalized spacial score (nSPS) is 14.4. The van der Waals surface area contributed by atoms with E-state index >= 15 is 0 Å². The number of aromatic hydroxyl groups is 1. The van der Waals surface area contributed by atoms with Crippen LogP contribution in [0.4, 0.5) is 5.69 Å². The monoisotopic (exact) mass is 443 g/mol. The maximum atomic E-state index is 13.0. The van der Waals surface area contributed by atoms with Gasteiger partial charge in [0.1, 0.15) is 0 Å². The van der Waals surface area contributed by atoms with E-state index in [-0.39, 0.29) is 22.1 Å². The van der Waals surface area contributed by atoms with E-state index in [1.54, 1.807) is 22.9 Å². The molecule has 2 heterocycles. The number of H-pyrrole nitrogens is 1. The van der Waals surface area contributed by atoms with Crippen molar-refractivity contribution >= 4 is 29.1 Å². The highest BCUT2D eigenvalue weighted by molar-refractivity contribution is 7.99. The minimum absolute atomic E-state index is 0.121. The maximum absolute atomic E-state index is 13.0. The van der Waals surface area contributed by atoms with Crippen LogP contribution in [-0.2, 0) is 0 Å². The van der Waals surface area contributed by atoms with Gasteiger partial charge in [-0.25, -0.2) is 0 Å². The van der Waals surface area contributed by atoms with Crippen LogP contribution in [0.2, 0.25) is 5.02 Å². The highest BCUT2D eigenvalue weighted by Crippen LogP contribution is 2.39. The van der Waals surface area contributed by atoms with E-state index in [0.717, 1.165) is 11.3 Å². The molecule has 4 rings (SSSR count). The Bertz CT molecular complexity index is 1180. The number of fused-ring (bicyclic) bond motifs is 3. The first-order valence-electron chi connectivity index (χ1n) is 9.34. The Labute approximate surface area is 182 Å². The number of benzene rings is 2. The summed E-state index contributed by atoms with van der Waals surface area (Å²) in [5.41, 5.74) is 2.42. The van der Waals surface area contributed by atoms with Crippen molar-refractivity contribution in [3.8, 4) is 22.8 Å². The van der Waals surface area contributed by atoms with E-state index in [2.05, 4.69) is 22.0 Å². The molecule has 0 saturated carbocycles. The zero-order valence-corrected chi connectivity index (χ0v) is 17.8. The molecule has 1 atom stereocenters. The Balaban J connectivity index is 1.92. The molecule has 2 aromatic carbocycles. The number of aromatic amines is 1. The van der Waals surface area contributed by atoms with Gasteiger partial charge in [0, 0.05) is 16.4 Å². The van der Waals surface area contributed by atoms with Gasteiger partial charge >= 0.3 is 11.3 Å². The first-order chi connectivity index (χ1) is 14.5. The van der Waals surface area contributed by atoms with Crippen LogP contribution in [0, 0.1) is 0 Å². The zero-order valence-electron chi connectivity index (χ0n) is 16.2. The Morgan fingerprint density at radius 2 is 2.20 bits per heavy atom. The molecule has 0 aliphatic carbocycles. The first kappa shape index (κ1) is 20.3. The molecular weight excluding hydrogens is 424 g/mol. The second-order valence-electron chi connectivity index (χ2n) is 6.53. The molecular formula is C21H20ClN4O3S+. The van der Waals surface area contributed by atoms with Crippen molar-refractivity contribution in [2.24, 2.45) is 0 Å². The van der Waals surface area contributed by atoms with E-state index in [1.165, 1.54) is 11.8 Å². The molecule has 9 heteroatoms. The number of phenols is 1. The van der Waals surface area contributed by atoms with Gasteiger partial charge < -0.3 is 15.2 Å². The van der Waals surface area contributed by atoms with Crippen LogP contribution in [0.1, 0.15) is 18.7 Å². The van der Waals surface area contributed by atoms with E-state index in [1.807, 2.05) is 31.2 Å². The largest absolute Gasteiger partial charge is 0.503 e. The summed E-state index contributed by atoms with van der Waals surface area (Å²) in [4.78, 5) is 15.8. The molecule has 7 nitrogen and oxygen atoms in total. The number of hydrogen-bond donors (Lipinski definition) is 3. The van der Waals surface area contributed by atoms with Crippen molar-refractivity contribution in [1.29, 1.82) is 0 Å². The van der Waals surface area contributed by atoms with Crippen LogP contribution >= 0.6 is 23.4 Å². The number of nitrogens with one attached hydrogen (secondary N) is 2. The molecule has 0 saturated heterocycles. The van der Waals surface area contributed by atoms with Gasteiger partial charge in [-0.05, 0) is 35.9 Å². The van der Waals surface area contributed by atoms with Crippen LogP contribution < -0.4 is 20.3 Å². The average molecular weight is 444 g/mol. The fourth-order valence-electron chi connectivity index (χ4n) is 3.33. The fraction of sp³-hybridized carbons (Fsp3) is 0.190. The molecule has 1 aromatic heterocycles. The first-order valence-corrected chi connectivity index (χ1v) is 10.7. The van der Waals surface area contributed by atoms with Crippen LogP contribution in [0.25, 0.3) is 11.3 Å². The van der Waals surface area contributed by atoms with E-state index in [9.17, 15) is 9.90 Å². The second-order valence-corrected chi connectivity index (χ2v) is 7.94. The minimum atomic E-state index is -0.530. The second kappa shape index (κ2) is 8.41. The smallest absolute Gasteiger partial charge is 0.325 e. The third-order valence-corrected chi connectivity index (χ3v) is 5.73. The third kappa shape index (κ3) is 3.64. The minimum Gasteiger partial charge on any atom is -0.503 e. The molecule has 0 bridgehead atoms. The maximum Gasteiger partial charge on any atom is 0.325 e. The van der Waals surface area contributed by atoms with Crippen molar-refractivity contribution in [2.75, 3.05) is 17.7 Å². The Morgan fingerprint density at radius 1 is 1.40 bits per heavy atom. The van der Waals surface area contributed by atoms with Crippen molar-refractivity contribution in [1.82, 2.24) is 10.1 Å². The number of aromatic nitrogens is 3. The Hall–Kier alpha value is -2.97. The standard InChI is InChI=1S/C21H19ClN4O3S/c1-3-9-30-21-24-20(28)17-13-7-5-6-8-15(13)23-19(26(17)25-21)12-10-14(22)18(27)16(11-12)29-4-2/h3,5-8,10-11,19H,1,4,9H2,2H3,(H2,24,25,27,28)/p+1/t19-/m1/s1. The number of para-hydroxylation sites is 1. The molecule has 0 amide bonds. The number of hydrogen-bond acceptors (Lipinski definition) is 6. The van der Waals surface area contributed by atoms with Crippen molar-refractivity contribution in [2.45, 2.75) is 18.2 Å². The summed E-state index contributed by atoms with van der Waals surface area (Å²) in [5.74, 6) is 0.759. The predicted molar refractivity (Wildman–Crippen MR) is 117 cm³/mol. The van der Waals surface area contributed by atoms with Crippen LogP contribution in [-0.4, -0.2) is 27.5 Å². The molecule has 0 spiro atoms. The molecule has 0 radical (unpaired) electrons. The highest BCUT2D eigenvalue weighted by Gasteiger charge is 2.38. The van der Waals surface area contributed by atoms with Crippen LogP contribution in [0.15, 0.2) is 59.0 Å². The van der Waals surface area contributed by atoms with Gasteiger partial charge in [0.05, 0.1) is 22.9 Å². The highest BCUT2D eigenvalue weighted by atomic mass is 35.5. The number of halogens is 1. The van der Waals surface area contributed by atoms with Gasteiger partial charge in [0.2, 0.25) is 5.16 Å². The summed E-state index contributed by atoms with van der Waals surface area (Å²) >= 11 is 7.64. The summed E-state index contributed by atoms with van der Waals surface area (Å²) < 4.78 is 7.18. The summed E-state index contributed by atoms with van der Waals surface area (Å²) in [7, 11) is 0. The number of nitrogens with zero attached hydrogens (tertiary/aromatic N) is 2. The van der Waals surface area contributed by atoms with Gasteiger partial charge in [-0.15, -0.1) is 6.58 Å². The van der Waals surface area contributed by atoms with Gasteiger partial charge in [0.15, 0.2) is 11.5 Å². The van der Waals surface area contributed by atoms with Gasteiger partial charge in [-0.1, -0.05) is 41.6 Å². The molecule has 3 aromatic rings. The molecule has 0 fully saturated rings. The zero-order chi connectivity index (χ0) is 21.3. The lowest BCUT2D eigenvalue weighted by molar-refractivity contribution is -0.759. The average Bonchev–Trinajstić information content (AvgIpc) is 2.74. The summed E-state index contributed by atoms with van der Waals surface area (Å²) in [5, 5.41) is 18.9. The van der Waals surface area contributed by atoms with Crippen molar-refractivity contribution in [3.63, 3.8) is 0 Å². The molecule has 3 N–H and O–H groups in total. The fourth-order valence-corrected chi connectivity index (χ4v) is 4.14. The Kier molecular flexibility index (Phi) is 5.69. The SMILES string of the molecule is C=CCSc1n[n+]2c(c(=O)[nH]1)-c1ccccc1N[C@H]2c1cc(Cl)c(O)c(OCC)c1. The summed E-state index contributed by atoms with van der Waals surface area (Å²) in [6.07, 6.45) is 1.21. The van der Waals surface area contributed by atoms with E-state index in [4.69, 9.17) is 16.3 Å². The molecule has 30 heavy (non-hydrogen) atoms. The third-order valence-electron chi connectivity index (χ3n) is 4.59. The van der Waals surface area contributed by atoms with Gasteiger partial charge in [-0.3, -0.25) is 9.78 Å². The van der Waals surface area contributed by atoms with Crippen LogP contribution in [0.5, 0.6) is 11.5 Å². The summed E-state index contributed by atoms with van der Waals surface area (Å²) in [6.45, 7) is 5.91. The molecule has 1 aliphatic heterocycles. The number of rotatable bonds is 6. The Morgan fingerprint density at radius 3 is 2.97 bits per heavy atom. The number of ether oxygens (including phenoxy) is 1. The lowest BCUT2D eigenvalue weighted by Gasteiger charge is -2.23. The van der Waals surface area contributed by atoms with E-state index in [0.29, 0.717) is 28.8 Å². The topological polar surface area (TPSA) is 91.1 Å². The molecule has 1 aliphatic rings. The number of thioether (sulfide) groups is 1. The van der Waals surface area contributed by atoms with Crippen molar-refractivity contribution in [3.05, 3.63) is 70.0 Å². The number of phenolic OH excluding ortho intramolecular Hbond substituents is 1. The lowest BCUT2D eigenvalue weighted by Crippen LogP contribution is -2.55. The molecule has 154 valence electrons. The van der Waals surface area contributed by atoms with Gasteiger partial charge in [-0.2, -0.15) is 0 Å². The van der Waals surface area contributed by atoms with Gasteiger partial charge in [0.25, 0.3) is 6.17 Å². The predicted octanol–water partition coefficient (Wildman–Crippen LogP) is 3.73.